The SMILES string of the molecule is CC(=O)CCC=C(C)C[N+](=O)[O-]. The third-order valence-electron chi connectivity index (χ3n) is 1.37. The van der Waals surface area contributed by atoms with Crippen LogP contribution in [0.4, 0.5) is 0 Å². The molecule has 4 heteroatoms. The second kappa shape index (κ2) is 5.46. The van der Waals surface area contributed by atoms with Crippen LogP contribution in [0.5, 0.6) is 0 Å². The molecule has 0 aromatic rings. The molecule has 0 saturated carbocycles. The van der Waals surface area contributed by atoms with Gasteiger partial charge in [-0.25, -0.2) is 0 Å². The van der Waals surface area contributed by atoms with Crippen molar-refractivity contribution in [1.29, 1.82) is 0 Å². The maximum atomic E-state index is 10.5. The first-order valence-electron chi connectivity index (χ1n) is 3.79. The largest absolute Gasteiger partial charge is 0.300 e. The fourth-order valence-electron chi connectivity index (χ4n) is 0.790. The number of Topliss-reactive ketones (excluding diaryl/α,β-unsaturated/α-hetero) is 1. The van der Waals surface area contributed by atoms with E-state index in [0.29, 0.717) is 18.4 Å². The van der Waals surface area contributed by atoms with E-state index in [-0.39, 0.29) is 17.3 Å². The predicted octanol–water partition coefficient (Wildman–Crippen LogP) is 1.58. The van der Waals surface area contributed by atoms with Crippen molar-refractivity contribution in [3.8, 4) is 0 Å². The van der Waals surface area contributed by atoms with Crippen LogP contribution in [0, 0.1) is 10.1 Å². The summed E-state index contributed by atoms with van der Waals surface area (Å²) >= 11 is 0. The molecule has 68 valence electrons. The van der Waals surface area contributed by atoms with Crippen molar-refractivity contribution < 1.29 is 9.72 Å². The highest BCUT2D eigenvalue weighted by molar-refractivity contribution is 5.75. The lowest BCUT2D eigenvalue weighted by molar-refractivity contribution is -0.470. The van der Waals surface area contributed by atoms with Crippen molar-refractivity contribution in [3.05, 3.63) is 21.8 Å². The Morgan fingerprint density at radius 1 is 1.50 bits per heavy atom. The van der Waals surface area contributed by atoms with Gasteiger partial charge in [0.2, 0.25) is 6.54 Å². The summed E-state index contributed by atoms with van der Waals surface area (Å²) in [4.78, 5) is 20.1. The molecule has 0 saturated heterocycles. The van der Waals surface area contributed by atoms with E-state index >= 15 is 0 Å². The van der Waals surface area contributed by atoms with Crippen LogP contribution in [0.2, 0.25) is 0 Å². The molecule has 0 rings (SSSR count). The Morgan fingerprint density at radius 2 is 2.08 bits per heavy atom. The Bertz CT molecular complexity index is 208. The summed E-state index contributed by atoms with van der Waals surface area (Å²) in [6, 6.07) is 0. The van der Waals surface area contributed by atoms with E-state index in [2.05, 4.69) is 0 Å². The number of allylic oxidation sites excluding steroid dienone is 1. The molecule has 0 spiro atoms. The molecule has 0 radical (unpaired) electrons. The molecule has 12 heavy (non-hydrogen) atoms. The number of carbonyl (C=O) groups is 1. The van der Waals surface area contributed by atoms with Gasteiger partial charge in [0.25, 0.3) is 0 Å². The normalized spacial score (nSPS) is 11.3. The van der Waals surface area contributed by atoms with Crippen LogP contribution >= 0.6 is 0 Å². The second-order valence-electron chi connectivity index (χ2n) is 2.78. The van der Waals surface area contributed by atoms with Gasteiger partial charge in [-0.1, -0.05) is 6.08 Å². The van der Waals surface area contributed by atoms with Crippen LogP contribution < -0.4 is 0 Å². The minimum Gasteiger partial charge on any atom is -0.300 e. The summed E-state index contributed by atoms with van der Waals surface area (Å²) in [5, 5.41) is 10.0. The third kappa shape index (κ3) is 6.92. The Labute approximate surface area is 71.4 Å². The molecule has 0 N–H and O–H groups in total. The molecule has 0 aromatic heterocycles. The van der Waals surface area contributed by atoms with Crippen LogP contribution in [-0.2, 0) is 4.79 Å². The molecule has 0 aliphatic heterocycles. The number of nitro groups is 1. The molecule has 0 amide bonds. The summed E-state index contributed by atoms with van der Waals surface area (Å²) < 4.78 is 0. The standard InChI is InChI=1S/C8H13NO3/c1-7(6-9(11)12)4-3-5-8(2)10/h4H,3,5-6H2,1-2H3. The van der Waals surface area contributed by atoms with Gasteiger partial charge in [0.1, 0.15) is 5.78 Å². The molecule has 0 unspecified atom stereocenters. The summed E-state index contributed by atoms with van der Waals surface area (Å²) in [5.74, 6) is 0.111. The van der Waals surface area contributed by atoms with Gasteiger partial charge in [0, 0.05) is 11.3 Å². The average molecular weight is 171 g/mol. The maximum absolute atomic E-state index is 10.5. The first kappa shape index (κ1) is 10.8. The van der Waals surface area contributed by atoms with Crippen LogP contribution in [0.15, 0.2) is 11.6 Å². The number of hydrogen-bond donors (Lipinski definition) is 0. The van der Waals surface area contributed by atoms with Crippen molar-refractivity contribution in [2.24, 2.45) is 0 Å². The van der Waals surface area contributed by atoms with Crippen LogP contribution in [0.3, 0.4) is 0 Å². The topological polar surface area (TPSA) is 60.2 Å². The van der Waals surface area contributed by atoms with Crippen LogP contribution in [0.1, 0.15) is 26.7 Å². The fourth-order valence-corrected chi connectivity index (χ4v) is 0.790. The van der Waals surface area contributed by atoms with Crippen molar-refractivity contribution in [2.75, 3.05) is 6.54 Å². The highest BCUT2D eigenvalue weighted by atomic mass is 16.6. The monoisotopic (exact) mass is 171 g/mol. The van der Waals surface area contributed by atoms with Gasteiger partial charge in [-0.05, 0) is 25.8 Å². The Hall–Kier alpha value is -1.19. The van der Waals surface area contributed by atoms with Crippen molar-refractivity contribution in [3.63, 3.8) is 0 Å². The van der Waals surface area contributed by atoms with E-state index in [1.165, 1.54) is 6.92 Å². The number of carbonyl (C=O) groups excluding carboxylic acids is 1. The summed E-state index contributed by atoms with van der Waals surface area (Å²) in [6.45, 7) is 3.08. The molecule has 0 fully saturated rings. The zero-order chi connectivity index (χ0) is 9.56. The third-order valence-corrected chi connectivity index (χ3v) is 1.37. The summed E-state index contributed by atoms with van der Waals surface area (Å²) in [6.07, 6.45) is 2.81. The number of nitrogens with zero attached hydrogens (tertiary/aromatic N) is 1. The molecular weight excluding hydrogens is 158 g/mol. The van der Waals surface area contributed by atoms with Gasteiger partial charge >= 0.3 is 0 Å². The highest BCUT2D eigenvalue weighted by Gasteiger charge is 1.98. The van der Waals surface area contributed by atoms with Gasteiger partial charge in [0.15, 0.2) is 0 Å². The Balaban J connectivity index is 3.69. The number of ketones is 1. The lowest BCUT2D eigenvalue weighted by atomic mass is 10.2. The Morgan fingerprint density at radius 3 is 2.50 bits per heavy atom. The zero-order valence-electron chi connectivity index (χ0n) is 7.37. The van der Waals surface area contributed by atoms with Crippen molar-refractivity contribution in [1.82, 2.24) is 0 Å². The number of rotatable bonds is 5. The van der Waals surface area contributed by atoms with Gasteiger partial charge in [0.05, 0.1) is 0 Å². The van der Waals surface area contributed by atoms with E-state index in [1.807, 2.05) is 0 Å². The minimum absolute atomic E-state index is 0.111. The van der Waals surface area contributed by atoms with Gasteiger partial charge < -0.3 is 4.79 Å². The van der Waals surface area contributed by atoms with E-state index in [1.54, 1.807) is 13.0 Å². The van der Waals surface area contributed by atoms with E-state index in [4.69, 9.17) is 0 Å². The van der Waals surface area contributed by atoms with Crippen molar-refractivity contribution >= 4 is 5.78 Å². The quantitative estimate of drug-likeness (QED) is 0.358. The number of hydrogen-bond acceptors (Lipinski definition) is 3. The molecule has 0 aromatic carbocycles. The first-order chi connectivity index (χ1) is 5.52. The lowest BCUT2D eigenvalue weighted by Crippen LogP contribution is -2.01. The average Bonchev–Trinajstić information content (AvgIpc) is 1.84. The second-order valence-corrected chi connectivity index (χ2v) is 2.78. The first-order valence-corrected chi connectivity index (χ1v) is 3.79. The molecule has 4 nitrogen and oxygen atoms in total. The maximum Gasteiger partial charge on any atom is 0.224 e. The molecule has 0 aliphatic carbocycles. The van der Waals surface area contributed by atoms with Gasteiger partial charge in [-0.3, -0.25) is 10.1 Å². The highest BCUT2D eigenvalue weighted by Crippen LogP contribution is 1.99. The van der Waals surface area contributed by atoms with E-state index < -0.39 is 0 Å². The lowest BCUT2D eigenvalue weighted by Gasteiger charge is -1.93. The molecule has 0 aliphatic rings. The zero-order valence-corrected chi connectivity index (χ0v) is 7.37. The molecule has 0 heterocycles. The minimum atomic E-state index is -0.375. The predicted molar refractivity (Wildman–Crippen MR) is 45.5 cm³/mol. The van der Waals surface area contributed by atoms with Crippen LogP contribution in [-0.4, -0.2) is 17.3 Å². The molecule has 0 bridgehead atoms. The molecule has 0 atom stereocenters. The summed E-state index contributed by atoms with van der Waals surface area (Å²) in [5.41, 5.74) is 0.709. The van der Waals surface area contributed by atoms with Crippen molar-refractivity contribution in [2.45, 2.75) is 26.7 Å². The van der Waals surface area contributed by atoms with Gasteiger partial charge in [-0.15, -0.1) is 0 Å². The summed E-state index contributed by atoms with van der Waals surface area (Å²) in [7, 11) is 0. The Kier molecular flexibility index (Phi) is 4.92. The van der Waals surface area contributed by atoms with Gasteiger partial charge in [-0.2, -0.15) is 0 Å². The fraction of sp³-hybridized carbons (Fsp3) is 0.625. The van der Waals surface area contributed by atoms with E-state index in [9.17, 15) is 14.9 Å². The van der Waals surface area contributed by atoms with E-state index in [0.717, 1.165) is 0 Å². The smallest absolute Gasteiger partial charge is 0.224 e. The molecular formula is C8H13NO3. The van der Waals surface area contributed by atoms with Crippen LogP contribution in [0.25, 0.3) is 0 Å².